The Labute approximate surface area is 87.8 Å². The minimum Gasteiger partial charge on any atom is -0.328 e. The van der Waals surface area contributed by atoms with E-state index in [9.17, 15) is 0 Å². The maximum Gasteiger partial charge on any atom is 0.298 e. The van der Waals surface area contributed by atoms with Gasteiger partial charge in [0.05, 0.1) is 0 Å². The van der Waals surface area contributed by atoms with Crippen LogP contribution in [0.25, 0.3) is 0 Å². The summed E-state index contributed by atoms with van der Waals surface area (Å²) in [6.45, 7) is 2.12. The number of hydrogen-bond acceptors (Lipinski definition) is 9. The van der Waals surface area contributed by atoms with Crippen molar-refractivity contribution < 1.29 is 9.47 Å². The highest BCUT2D eigenvalue weighted by molar-refractivity contribution is 4.91. The second kappa shape index (κ2) is 3.90. The molecule has 1 aliphatic heterocycles. The SMILES string of the molecule is CCOC1(OC)NC(N)(N)NC(N)(N)N1. The summed E-state index contributed by atoms with van der Waals surface area (Å²) in [5, 5.41) is 7.79. The van der Waals surface area contributed by atoms with Gasteiger partial charge in [-0.25, -0.2) is 16.0 Å². The summed E-state index contributed by atoms with van der Waals surface area (Å²) in [6.07, 6.45) is 0. The average molecular weight is 221 g/mol. The lowest BCUT2D eigenvalue weighted by molar-refractivity contribution is -0.304. The molecule has 0 unspecified atom stereocenters. The monoisotopic (exact) mass is 221 g/mol. The van der Waals surface area contributed by atoms with Gasteiger partial charge in [-0.1, -0.05) is 0 Å². The molecule has 0 aromatic carbocycles. The van der Waals surface area contributed by atoms with Crippen LogP contribution in [0.5, 0.6) is 0 Å². The molecule has 15 heavy (non-hydrogen) atoms. The minimum absolute atomic E-state index is 0.347. The number of nitrogens with two attached hydrogens (primary N) is 4. The summed E-state index contributed by atoms with van der Waals surface area (Å²) >= 11 is 0. The summed E-state index contributed by atoms with van der Waals surface area (Å²) < 4.78 is 10.4. The minimum atomic E-state index is -1.51. The van der Waals surface area contributed by atoms with Gasteiger partial charge in [0.2, 0.25) is 0 Å². The molecule has 0 aromatic heterocycles. The first-order chi connectivity index (χ1) is 6.74. The van der Waals surface area contributed by atoms with E-state index in [4.69, 9.17) is 32.4 Å². The predicted molar refractivity (Wildman–Crippen MR) is 53.0 cm³/mol. The van der Waals surface area contributed by atoms with Gasteiger partial charge in [-0.05, 0) is 6.92 Å². The van der Waals surface area contributed by atoms with Gasteiger partial charge in [-0.3, -0.25) is 22.9 Å². The third-order valence-corrected chi connectivity index (χ3v) is 1.79. The Morgan fingerprint density at radius 1 is 1.00 bits per heavy atom. The number of hydrogen-bond donors (Lipinski definition) is 7. The van der Waals surface area contributed by atoms with E-state index in [-0.39, 0.29) is 0 Å². The molecular weight excluding hydrogens is 202 g/mol. The van der Waals surface area contributed by atoms with E-state index >= 15 is 0 Å². The fourth-order valence-electron chi connectivity index (χ4n) is 1.42. The quantitative estimate of drug-likeness (QED) is 0.236. The summed E-state index contributed by atoms with van der Waals surface area (Å²) in [5.74, 6) is -3.03. The smallest absolute Gasteiger partial charge is 0.298 e. The number of nitrogens with one attached hydrogen (secondary N) is 3. The van der Waals surface area contributed by atoms with Crippen LogP contribution in [-0.2, 0) is 9.47 Å². The Kier molecular flexibility index (Phi) is 3.30. The first-order valence-electron chi connectivity index (χ1n) is 4.47. The molecule has 0 saturated carbocycles. The lowest BCUT2D eigenvalue weighted by Gasteiger charge is -2.50. The maximum absolute atomic E-state index is 5.63. The van der Waals surface area contributed by atoms with Gasteiger partial charge >= 0.3 is 0 Å². The van der Waals surface area contributed by atoms with E-state index in [0.29, 0.717) is 6.61 Å². The van der Waals surface area contributed by atoms with Crippen molar-refractivity contribution in [1.29, 1.82) is 0 Å². The number of methoxy groups -OCH3 is 1. The van der Waals surface area contributed by atoms with Crippen LogP contribution < -0.4 is 38.9 Å². The molecule has 1 rings (SSSR count). The van der Waals surface area contributed by atoms with Crippen molar-refractivity contribution in [3.63, 3.8) is 0 Å². The second-order valence-electron chi connectivity index (χ2n) is 3.37. The molecule has 0 atom stereocenters. The highest BCUT2D eigenvalue weighted by Gasteiger charge is 2.49. The van der Waals surface area contributed by atoms with Crippen LogP contribution in [-0.4, -0.2) is 31.6 Å². The van der Waals surface area contributed by atoms with E-state index < -0.39 is 17.9 Å². The largest absolute Gasteiger partial charge is 0.328 e. The van der Waals surface area contributed by atoms with Crippen LogP contribution in [0.15, 0.2) is 0 Å². The van der Waals surface area contributed by atoms with Crippen molar-refractivity contribution in [2.75, 3.05) is 13.7 Å². The molecule has 0 aliphatic carbocycles. The molecule has 9 heteroatoms. The fourth-order valence-corrected chi connectivity index (χ4v) is 1.42. The third-order valence-electron chi connectivity index (χ3n) is 1.79. The van der Waals surface area contributed by atoms with E-state index in [1.807, 2.05) is 0 Å². The molecule has 0 amide bonds. The van der Waals surface area contributed by atoms with E-state index in [2.05, 4.69) is 16.0 Å². The van der Waals surface area contributed by atoms with Crippen LogP contribution in [0.1, 0.15) is 6.92 Å². The molecule has 1 fully saturated rings. The molecule has 1 saturated heterocycles. The normalized spacial score (nSPS) is 27.6. The molecule has 11 N–H and O–H groups in total. The summed E-state index contributed by atoms with van der Waals surface area (Å²) in [6, 6.07) is -1.42. The van der Waals surface area contributed by atoms with E-state index in [1.165, 1.54) is 7.11 Å². The van der Waals surface area contributed by atoms with Crippen molar-refractivity contribution in [3.05, 3.63) is 0 Å². The summed E-state index contributed by atoms with van der Waals surface area (Å²) in [7, 11) is 1.40. The fraction of sp³-hybridized carbons (Fsp3) is 1.00. The van der Waals surface area contributed by atoms with Gasteiger partial charge in [-0.15, -0.1) is 0 Å². The van der Waals surface area contributed by atoms with Gasteiger partial charge in [0, 0.05) is 13.7 Å². The van der Waals surface area contributed by atoms with Crippen molar-refractivity contribution in [1.82, 2.24) is 16.0 Å². The zero-order valence-corrected chi connectivity index (χ0v) is 8.83. The van der Waals surface area contributed by atoms with Gasteiger partial charge in [0.1, 0.15) is 0 Å². The van der Waals surface area contributed by atoms with Gasteiger partial charge < -0.3 is 9.47 Å². The number of rotatable bonds is 3. The third kappa shape index (κ3) is 3.04. The second-order valence-corrected chi connectivity index (χ2v) is 3.37. The molecule has 90 valence electrons. The lowest BCUT2D eigenvalue weighted by Crippen LogP contribution is -2.95. The standard InChI is InChI=1S/C6H19N7O2/c1-3-15-6(14-2)12-4(7,8)11-5(9,10)13-6/h11-13H,3,7-10H2,1-2H3. The topological polar surface area (TPSA) is 159 Å². The zero-order chi connectivity index (χ0) is 11.7. The Morgan fingerprint density at radius 3 is 1.80 bits per heavy atom. The van der Waals surface area contributed by atoms with Crippen LogP contribution in [0.3, 0.4) is 0 Å². The van der Waals surface area contributed by atoms with E-state index in [1.54, 1.807) is 6.92 Å². The maximum atomic E-state index is 5.63. The van der Waals surface area contributed by atoms with Crippen LogP contribution in [0, 0.1) is 0 Å². The summed E-state index contributed by atoms with van der Waals surface area (Å²) in [4.78, 5) is 0. The Bertz CT molecular complexity index is 216. The molecule has 0 bridgehead atoms. The molecule has 0 spiro atoms. The molecule has 0 radical (unpaired) electrons. The van der Waals surface area contributed by atoms with Crippen molar-refractivity contribution in [2.45, 2.75) is 24.8 Å². The van der Waals surface area contributed by atoms with Crippen LogP contribution >= 0.6 is 0 Å². The van der Waals surface area contributed by atoms with Crippen LogP contribution in [0.2, 0.25) is 0 Å². The molecule has 1 aliphatic rings. The first-order valence-corrected chi connectivity index (χ1v) is 4.47. The van der Waals surface area contributed by atoms with Gasteiger partial charge in [-0.2, -0.15) is 0 Å². The average Bonchev–Trinajstić information content (AvgIpc) is 1.98. The Morgan fingerprint density at radius 2 is 1.47 bits per heavy atom. The Hall–Kier alpha value is -0.360. The van der Waals surface area contributed by atoms with Crippen LogP contribution in [0.4, 0.5) is 0 Å². The van der Waals surface area contributed by atoms with Crippen molar-refractivity contribution in [3.8, 4) is 0 Å². The van der Waals surface area contributed by atoms with Crippen molar-refractivity contribution in [2.24, 2.45) is 22.9 Å². The lowest BCUT2D eigenvalue weighted by atomic mass is 10.4. The van der Waals surface area contributed by atoms with E-state index in [0.717, 1.165) is 0 Å². The zero-order valence-electron chi connectivity index (χ0n) is 8.83. The predicted octanol–water partition coefficient (Wildman–Crippen LogP) is -3.88. The molecule has 0 aromatic rings. The molecule has 1 heterocycles. The highest BCUT2D eigenvalue weighted by atomic mass is 16.7. The Balaban J connectivity index is 2.89. The highest BCUT2D eigenvalue weighted by Crippen LogP contribution is 2.12. The van der Waals surface area contributed by atoms with Crippen molar-refractivity contribution >= 4 is 0 Å². The number of ether oxygens (including phenoxy) is 2. The summed E-state index contributed by atoms with van der Waals surface area (Å²) in [5.41, 5.74) is 22.5. The first kappa shape index (κ1) is 12.7. The van der Waals surface area contributed by atoms with Gasteiger partial charge in [0.25, 0.3) is 6.03 Å². The molecular formula is C6H19N7O2. The molecule has 9 nitrogen and oxygen atoms in total. The van der Waals surface area contributed by atoms with Gasteiger partial charge in [0.15, 0.2) is 11.8 Å².